The molecule has 61 heavy (non-hydrogen) atoms. The van der Waals surface area contributed by atoms with Crippen LogP contribution >= 0.6 is 11.3 Å². The van der Waals surface area contributed by atoms with E-state index in [1.807, 2.05) is 11.3 Å². The van der Waals surface area contributed by atoms with Gasteiger partial charge in [0, 0.05) is 41.9 Å². The molecule has 2 aromatic heterocycles. The molecule has 0 aliphatic heterocycles. The van der Waals surface area contributed by atoms with Gasteiger partial charge >= 0.3 is 0 Å². The molecule has 13 rings (SSSR count). The molecule has 0 amide bonds. The molecule has 0 N–H and O–H groups in total. The van der Waals surface area contributed by atoms with Crippen LogP contribution in [0.2, 0.25) is 0 Å². The van der Waals surface area contributed by atoms with Crippen LogP contribution in [0.25, 0.3) is 130 Å². The topological polar surface area (TPSA) is 12.9 Å². The molecule has 0 atom stereocenters. The average Bonchev–Trinajstić information content (AvgIpc) is 3.71. The van der Waals surface area contributed by atoms with Gasteiger partial charge in [-0.3, -0.25) is 0 Å². The first-order chi connectivity index (χ1) is 30.2. The number of hydrogen-bond donors (Lipinski definition) is 0. The van der Waals surface area contributed by atoms with Gasteiger partial charge in [0.05, 0.1) is 11.2 Å². The number of thiophene rings is 1. The largest absolute Gasteiger partial charge is 0.247 e. The number of nitrogens with zero attached hydrogens (tertiary/aromatic N) is 1. The highest BCUT2D eigenvalue weighted by Gasteiger charge is 2.20. The van der Waals surface area contributed by atoms with Crippen molar-refractivity contribution >= 4 is 96.3 Å². The number of aromatic nitrogens is 1. The third kappa shape index (κ3) is 5.36. The Labute approximate surface area is 356 Å². The van der Waals surface area contributed by atoms with Crippen molar-refractivity contribution in [1.82, 2.24) is 4.98 Å². The van der Waals surface area contributed by atoms with Crippen molar-refractivity contribution in [3.05, 3.63) is 212 Å². The fourth-order valence-electron chi connectivity index (χ4n) is 9.95. The van der Waals surface area contributed by atoms with Gasteiger partial charge in [0.25, 0.3) is 0 Å². The van der Waals surface area contributed by atoms with Gasteiger partial charge < -0.3 is 0 Å². The second-order valence-electron chi connectivity index (χ2n) is 16.2. The molecule has 0 radical (unpaired) electrons. The lowest BCUT2D eigenvalue weighted by atomic mass is 9.84. The fraction of sp³-hybridized carbons (Fsp3) is 0. The highest BCUT2D eigenvalue weighted by molar-refractivity contribution is 7.26. The second kappa shape index (κ2) is 13.4. The third-order valence-electron chi connectivity index (χ3n) is 12.8. The quantitative estimate of drug-likeness (QED) is 0.128. The number of benzene rings is 11. The van der Waals surface area contributed by atoms with E-state index in [0.717, 1.165) is 22.3 Å². The third-order valence-corrected chi connectivity index (χ3v) is 14.0. The van der Waals surface area contributed by atoms with Crippen LogP contribution in [0.3, 0.4) is 0 Å². The van der Waals surface area contributed by atoms with Crippen LogP contribution in [0.15, 0.2) is 212 Å². The molecule has 282 valence electrons. The zero-order valence-corrected chi connectivity index (χ0v) is 33.9. The summed E-state index contributed by atoms with van der Waals surface area (Å²) in [6.45, 7) is 0. The fourth-order valence-corrected chi connectivity index (χ4v) is 11.2. The predicted molar refractivity (Wildman–Crippen MR) is 264 cm³/mol. The average molecular weight is 790 g/mol. The van der Waals surface area contributed by atoms with Gasteiger partial charge in [0.1, 0.15) is 0 Å². The van der Waals surface area contributed by atoms with Crippen LogP contribution in [0.5, 0.6) is 0 Å². The molecule has 1 nitrogen and oxygen atoms in total. The highest BCUT2D eigenvalue weighted by atomic mass is 32.1. The minimum atomic E-state index is 1.01. The smallest absolute Gasteiger partial charge is 0.0788 e. The molecule has 0 aliphatic carbocycles. The summed E-state index contributed by atoms with van der Waals surface area (Å²) >= 11 is 1.88. The summed E-state index contributed by atoms with van der Waals surface area (Å²) in [5, 5.41) is 16.2. The van der Waals surface area contributed by atoms with Gasteiger partial charge in [-0.25, -0.2) is 4.98 Å². The SMILES string of the molecule is c1cc(-c2ccc3c(-c4ccc5ccccc5c4)c4ccccc4c(-c4ccc5ccccc5c4)c3c2)cc(-c2nc3ccccc3c3c2ccc2c4ccccc4sc23)c1. The standard InChI is InChI=1S/C59H35NS/c1-3-14-38-32-42(26-24-36(38)12-1)55-46-19-5-6-20-47(46)56(43-27-25-37-13-2-4-15-39(37)33-43)52-35-41(28-29-48(52)55)40-16-11-17-44(34-40)58-51-31-30-49-45-18-8-10-23-54(45)61-59(49)57(51)50-21-7-9-22-53(50)60-58/h1-35H. The van der Waals surface area contributed by atoms with Crippen LogP contribution in [-0.4, -0.2) is 4.98 Å². The molecule has 0 saturated carbocycles. The van der Waals surface area contributed by atoms with Gasteiger partial charge in [0.15, 0.2) is 0 Å². The van der Waals surface area contributed by atoms with E-state index < -0.39 is 0 Å². The Morgan fingerprint density at radius 3 is 1.56 bits per heavy atom. The Hall–Kier alpha value is -7.65. The van der Waals surface area contributed by atoms with Gasteiger partial charge in [0.2, 0.25) is 0 Å². The molecule has 13 aromatic rings. The van der Waals surface area contributed by atoms with E-state index >= 15 is 0 Å². The summed E-state index contributed by atoms with van der Waals surface area (Å²) in [5.41, 5.74) is 10.4. The van der Waals surface area contributed by atoms with E-state index in [2.05, 4.69) is 212 Å². The van der Waals surface area contributed by atoms with E-state index in [1.54, 1.807) is 0 Å². The van der Waals surface area contributed by atoms with Crippen molar-refractivity contribution in [3.8, 4) is 44.6 Å². The Bertz CT molecular complexity index is 3950. The molecular formula is C59H35NS. The van der Waals surface area contributed by atoms with Crippen LogP contribution in [0, 0.1) is 0 Å². The molecule has 11 aromatic carbocycles. The number of para-hydroxylation sites is 1. The van der Waals surface area contributed by atoms with E-state index in [4.69, 9.17) is 4.98 Å². The Morgan fingerprint density at radius 1 is 0.295 bits per heavy atom. The van der Waals surface area contributed by atoms with Crippen LogP contribution in [0.4, 0.5) is 0 Å². The van der Waals surface area contributed by atoms with Crippen LogP contribution < -0.4 is 0 Å². The molecule has 2 heterocycles. The monoisotopic (exact) mass is 789 g/mol. The van der Waals surface area contributed by atoms with E-state index in [1.165, 1.54) is 107 Å². The summed E-state index contributed by atoms with van der Waals surface area (Å²) in [4.78, 5) is 5.40. The number of rotatable bonds is 4. The number of fused-ring (bicyclic) bond motifs is 11. The summed E-state index contributed by atoms with van der Waals surface area (Å²) in [5.74, 6) is 0. The van der Waals surface area contributed by atoms with Crippen LogP contribution in [-0.2, 0) is 0 Å². The van der Waals surface area contributed by atoms with E-state index in [-0.39, 0.29) is 0 Å². The molecule has 0 saturated heterocycles. The first kappa shape index (κ1) is 34.2. The summed E-state index contributed by atoms with van der Waals surface area (Å²) < 4.78 is 2.63. The second-order valence-corrected chi connectivity index (χ2v) is 17.3. The molecule has 0 spiro atoms. The van der Waals surface area contributed by atoms with Crippen LogP contribution in [0.1, 0.15) is 0 Å². The Morgan fingerprint density at radius 2 is 0.820 bits per heavy atom. The normalized spacial score (nSPS) is 11.9. The molecule has 0 bridgehead atoms. The van der Waals surface area contributed by atoms with Gasteiger partial charge in [-0.15, -0.1) is 11.3 Å². The molecule has 2 heteroatoms. The zero-order valence-electron chi connectivity index (χ0n) is 33.1. The highest BCUT2D eigenvalue weighted by Crippen LogP contribution is 2.47. The number of pyridine rings is 1. The first-order valence-electron chi connectivity index (χ1n) is 20.9. The lowest BCUT2D eigenvalue weighted by Crippen LogP contribution is -1.93. The van der Waals surface area contributed by atoms with Crippen molar-refractivity contribution in [3.63, 3.8) is 0 Å². The predicted octanol–water partition coefficient (Wildman–Crippen LogP) is 17.0. The first-order valence-corrected chi connectivity index (χ1v) is 21.8. The lowest BCUT2D eigenvalue weighted by molar-refractivity contribution is 1.43. The molecular weight excluding hydrogens is 755 g/mol. The Balaban J connectivity index is 1.06. The lowest BCUT2D eigenvalue weighted by Gasteiger charge is -2.19. The maximum absolute atomic E-state index is 5.40. The van der Waals surface area contributed by atoms with Gasteiger partial charge in [-0.05, 0) is 113 Å². The minimum Gasteiger partial charge on any atom is -0.247 e. The summed E-state index contributed by atoms with van der Waals surface area (Å²) in [6, 6.07) is 78.3. The maximum Gasteiger partial charge on any atom is 0.0788 e. The summed E-state index contributed by atoms with van der Waals surface area (Å²) in [7, 11) is 0. The molecule has 0 fully saturated rings. The molecule has 0 aliphatic rings. The van der Waals surface area contributed by atoms with Crippen molar-refractivity contribution in [2.75, 3.05) is 0 Å². The van der Waals surface area contributed by atoms with Crippen molar-refractivity contribution in [1.29, 1.82) is 0 Å². The van der Waals surface area contributed by atoms with E-state index in [0.29, 0.717) is 0 Å². The van der Waals surface area contributed by atoms with Gasteiger partial charge in [-0.2, -0.15) is 0 Å². The van der Waals surface area contributed by atoms with Gasteiger partial charge in [-0.1, -0.05) is 176 Å². The zero-order chi connectivity index (χ0) is 40.0. The maximum atomic E-state index is 5.40. The minimum absolute atomic E-state index is 1.01. The van der Waals surface area contributed by atoms with Crippen molar-refractivity contribution < 1.29 is 0 Å². The van der Waals surface area contributed by atoms with E-state index in [9.17, 15) is 0 Å². The summed E-state index contributed by atoms with van der Waals surface area (Å²) in [6.07, 6.45) is 0. The van der Waals surface area contributed by atoms with Crippen molar-refractivity contribution in [2.24, 2.45) is 0 Å². The molecule has 0 unspecified atom stereocenters. The Kier molecular flexibility index (Phi) is 7.54. The van der Waals surface area contributed by atoms with Crippen molar-refractivity contribution in [2.45, 2.75) is 0 Å². The number of hydrogen-bond acceptors (Lipinski definition) is 2.